The van der Waals surface area contributed by atoms with Crippen LogP contribution in [0.2, 0.25) is 5.02 Å². The Balaban J connectivity index is 1.49. The second-order valence-electron chi connectivity index (χ2n) is 8.98. The van der Waals surface area contributed by atoms with Crippen molar-refractivity contribution in [3.63, 3.8) is 0 Å². The molecule has 1 aliphatic heterocycles. The van der Waals surface area contributed by atoms with Crippen molar-refractivity contribution >= 4 is 29.1 Å². The Morgan fingerprint density at radius 2 is 1.81 bits per heavy atom. The molecule has 4 nitrogen and oxygen atoms in total. The van der Waals surface area contributed by atoms with Gasteiger partial charge in [-0.15, -0.1) is 0 Å². The van der Waals surface area contributed by atoms with Crippen LogP contribution in [0.4, 0.5) is 23.2 Å². The fourth-order valence-electron chi connectivity index (χ4n) is 4.68. The van der Waals surface area contributed by atoms with Gasteiger partial charge in [0, 0.05) is 13.1 Å². The van der Waals surface area contributed by atoms with Gasteiger partial charge in [-0.05, 0) is 53.3 Å². The zero-order chi connectivity index (χ0) is 26.7. The monoisotopic (exact) mass is 532 g/mol. The van der Waals surface area contributed by atoms with E-state index in [4.69, 9.17) is 11.6 Å². The first-order valence-corrected chi connectivity index (χ1v) is 12.3. The molecule has 2 amide bonds. The average molecular weight is 533 g/mol. The Morgan fingerprint density at radius 3 is 2.46 bits per heavy atom. The number of alkyl halides is 3. The molecule has 0 radical (unpaired) electrons. The first kappa shape index (κ1) is 26.7. The molecule has 37 heavy (non-hydrogen) atoms. The van der Waals surface area contributed by atoms with E-state index in [1.807, 2.05) is 43.3 Å². The number of hydrogen-bond acceptors (Lipinski definition) is 2. The average Bonchev–Trinajstić information content (AvgIpc) is 2.86. The second kappa shape index (κ2) is 10.9. The minimum Gasteiger partial charge on any atom is -0.337 e. The van der Waals surface area contributed by atoms with Gasteiger partial charge in [0.25, 0.3) is 0 Å². The summed E-state index contributed by atoms with van der Waals surface area (Å²) in [7, 11) is 0. The lowest BCUT2D eigenvalue weighted by Crippen LogP contribution is -2.39. The highest BCUT2D eigenvalue weighted by atomic mass is 35.5. The predicted molar refractivity (Wildman–Crippen MR) is 134 cm³/mol. The first-order valence-electron chi connectivity index (χ1n) is 11.9. The van der Waals surface area contributed by atoms with Gasteiger partial charge in [0.2, 0.25) is 11.8 Å². The summed E-state index contributed by atoms with van der Waals surface area (Å²) in [6.45, 7) is 2.79. The van der Waals surface area contributed by atoms with Crippen molar-refractivity contribution in [2.45, 2.75) is 44.8 Å². The van der Waals surface area contributed by atoms with Crippen molar-refractivity contribution in [3.05, 3.63) is 99.3 Å². The number of benzene rings is 3. The highest BCUT2D eigenvalue weighted by Gasteiger charge is 2.34. The van der Waals surface area contributed by atoms with Crippen LogP contribution in [-0.4, -0.2) is 23.3 Å². The van der Waals surface area contributed by atoms with Gasteiger partial charge in [-0.25, -0.2) is 4.39 Å². The molecule has 0 aromatic heterocycles. The van der Waals surface area contributed by atoms with Crippen LogP contribution in [-0.2, 0) is 35.2 Å². The molecule has 1 N–H and O–H groups in total. The molecule has 0 bridgehead atoms. The fourth-order valence-corrected chi connectivity index (χ4v) is 4.90. The van der Waals surface area contributed by atoms with Crippen molar-refractivity contribution in [1.29, 1.82) is 0 Å². The van der Waals surface area contributed by atoms with Crippen LogP contribution in [0.25, 0.3) is 0 Å². The quantitative estimate of drug-likeness (QED) is 0.357. The molecule has 1 atom stereocenters. The molecule has 0 saturated heterocycles. The van der Waals surface area contributed by atoms with Crippen molar-refractivity contribution in [3.8, 4) is 0 Å². The molecule has 4 rings (SSSR count). The highest BCUT2D eigenvalue weighted by molar-refractivity contribution is 6.34. The van der Waals surface area contributed by atoms with E-state index in [1.54, 1.807) is 11.0 Å². The van der Waals surface area contributed by atoms with E-state index in [1.165, 1.54) is 0 Å². The summed E-state index contributed by atoms with van der Waals surface area (Å²) in [5.41, 5.74) is 1.74. The third kappa shape index (κ3) is 5.96. The maximum Gasteiger partial charge on any atom is 0.419 e. The Morgan fingerprint density at radius 1 is 1.08 bits per heavy atom. The van der Waals surface area contributed by atoms with Crippen LogP contribution in [0, 0.1) is 5.82 Å². The lowest BCUT2D eigenvalue weighted by atomic mass is 9.92. The topological polar surface area (TPSA) is 49.4 Å². The van der Waals surface area contributed by atoms with Crippen molar-refractivity contribution < 1.29 is 27.2 Å². The van der Waals surface area contributed by atoms with E-state index in [0.29, 0.717) is 48.8 Å². The van der Waals surface area contributed by atoms with Crippen LogP contribution in [0.3, 0.4) is 0 Å². The predicted octanol–water partition coefficient (Wildman–Crippen LogP) is 6.76. The smallest absolute Gasteiger partial charge is 0.337 e. The Kier molecular flexibility index (Phi) is 7.87. The molecule has 194 valence electrons. The van der Waals surface area contributed by atoms with Gasteiger partial charge < -0.3 is 10.2 Å². The van der Waals surface area contributed by atoms with Gasteiger partial charge >= 0.3 is 6.18 Å². The zero-order valence-electron chi connectivity index (χ0n) is 20.0. The molecule has 1 aliphatic rings. The largest absolute Gasteiger partial charge is 0.419 e. The lowest BCUT2D eigenvalue weighted by Gasteiger charge is -2.33. The van der Waals surface area contributed by atoms with Gasteiger partial charge in [-0.3, -0.25) is 9.59 Å². The number of rotatable bonds is 6. The van der Waals surface area contributed by atoms with Gasteiger partial charge in [-0.2, -0.15) is 13.2 Å². The fraction of sp³-hybridized carbons (Fsp3) is 0.286. The maximum atomic E-state index is 13.9. The number of carbonyl (C=O) groups is 2. The molecular formula is C28H25ClF4N2O2. The Labute approximate surface area is 217 Å². The molecule has 1 unspecified atom stereocenters. The van der Waals surface area contributed by atoms with E-state index in [0.717, 1.165) is 22.8 Å². The molecule has 0 saturated carbocycles. The molecule has 0 fully saturated rings. The lowest BCUT2D eigenvalue weighted by molar-refractivity contribution is -0.140. The van der Waals surface area contributed by atoms with Crippen LogP contribution >= 0.6 is 11.6 Å². The van der Waals surface area contributed by atoms with E-state index < -0.39 is 23.5 Å². The van der Waals surface area contributed by atoms with E-state index >= 15 is 0 Å². The number of hydrogen-bond donors (Lipinski definition) is 1. The number of nitrogens with one attached hydrogen (secondary N) is 1. The van der Waals surface area contributed by atoms with Crippen LogP contribution in [0.5, 0.6) is 0 Å². The maximum absolute atomic E-state index is 13.9. The summed E-state index contributed by atoms with van der Waals surface area (Å²) in [4.78, 5) is 27.8. The summed E-state index contributed by atoms with van der Waals surface area (Å²) in [6, 6.07) is 15.5. The number of carbonyl (C=O) groups excluding carboxylic acids is 2. The molecule has 3 aromatic rings. The molecule has 1 heterocycles. The third-order valence-electron chi connectivity index (χ3n) is 6.54. The standard InChI is InChI=1S/C28H25ClF4N2O2/c1-2-20(18-6-4-3-5-7-18)27(37)35-13-12-21-19(16-35)9-11-23(29)26(21)34-25(36)15-17-8-10-22(24(30)14-17)28(31,32)33/h3-11,14,20H,2,12-13,15-16H2,1H3,(H,34,36). The minimum absolute atomic E-state index is 0.0317. The van der Waals surface area contributed by atoms with Gasteiger partial charge in [0.05, 0.1) is 28.6 Å². The minimum atomic E-state index is -4.81. The van der Waals surface area contributed by atoms with E-state index in [9.17, 15) is 27.2 Å². The highest BCUT2D eigenvalue weighted by Crippen LogP contribution is 2.35. The van der Waals surface area contributed by atoms with Crippen LogP contribution < -0.4 is 5.32 Å². The normalized spacial score (nSPS) is 14.2. The zero-order valence-corrected chi connectivity index (χ0v) is 20.8. The van der Waals surface area contributed by atoms with Gasteiger partial charge in [0.15, 0.2) is 0 Å². The molecule has 3 aromatic carbocycles. The van der Waals surface area contributed by atoms with E-state index in [-0.39, 0.29) is 23.8 Å². The summed E-state index contributed by atoms with van der Waals surface area (Å²) >= 11 is 6.38. The number of halogens is 5. The van der Waals surface area contributed by atoms with Crippen molar-refractivity contribution in [2.24, 2.45) is 0 Å². The molecular weight excluding hydrogens is 508 g/mol. The second-order valence-corrected chi connectivity index (χ2v) is 9.39. The van der Waals surface area contributed by atoms with Crippen molar-refractivity contribution in [1.82, 2.24) is 4.90 Å². The van der Waals surface area contributed by atoms with Gasteiger partial charge in [-0.1, -0.05) is 61.0 Å². The number of anilines is 1. The van der Waals surface area contributed by atoms with Crippen LogP contribution in [0.1, 0.15) is 47.1 Å². The first-order chi connectivity index (χ1) is 17.6. The van der Waals surface area contributed by atoms with Crippen LogP contribution in [0.15, 0.2) is 60.7 Å². The Bertz CT molecular complexity index is 1310. The summed E-state index contributed by atoms with van der Waals surface area (Å²) in [5, 5.41) is 3.04. The van der Waals surface area contributed by atoms with Crippen molar-refractivity contribution in [2.75, 3.05) is 11.9 Å². The SMILES string of the molecule is CCC(C(=O)N1CCc2c(ccc(Cl)c2NC(=O)Cc2ccc(C(F)(F)F)c(F)c2)C1)c1ccccc1. The Hall–Kier alpha value is -3.39. The number of nitrogens with zero attached hydrogens (tertiary/aromatic N) is 1. The number of amides is 2. The molecule has 0 spiro atoms. The summed E-state index contributed by atoms with van der Waals surface area (Å²) in [6.07, 6.45) is -4.00. The third-order valence-corrected chi connectivity index (χ3v) is 6.85. The summed E-state index contributed by atoms with van der Waals surface area (Å²) in [5.74, 6) is -2.19. The number of fused-ring (bicyclic) bond motifs is 1. The summed E-state index contributed by atoms with van der Waals surface area (Å²) < 4.78 is 52.3. The van der Waals surface area contributed by atoms with Gasteiger partial charge in [0.1, 0.15) is 5.82 Å². The van der Waals surface area contributed by atoms with E-state index in [2.05, 4.69) is 5.32 Å². The molecule has 0 aliphatic carbocycles. The molecule has 9 heteroatoms.